The Morgan fingerprint density at radius 3 is 2.33 bits per heavy atom. The van der Waals surface area contributed by atoms with Crippen LogP contribution in [0.25, 0.3) is 0 Å². The summed E-state index contributed by atoms with van der Waals surface area (Å²) in [5.41, 5.74) is -0.540. The fraction of sp³-hybridized carbons (Fsp3) is 0.933. The number of ketones is 1. The molecule has 1 saturated carbocycles. The number of methoxy groups -OCH3 is 1. The molecule has 1 aliphatic heterocycles. The molecule has 0 aromatic carbocycles. The van der Waals surface area contributed by atoms with Crippen LogP contribution in [0.15, 0.2) is 0 Å². The van der Waals surface area contributed by atoms with E-state index < -0.39 is 5.60 Å². The molecule has 0 aromatic heterocycles. The number of hydrogen-bond acceptors (Lipinski definition) is 3. The van der Waals surface area contributed by atoms with Gasteiger partial charge in [0, 0.05) is 39.1 Å². The van der Waals surface area contributed by atoms with Crippen LogP contribution in [0.3, 0.4) is 0 Å². The molecule has 18 heavy (non-hydrogen) atoms. The second-order valence-electron chi connectivity index (χ2n) is 5.80. The smallest absolute Gasteiger partial charge is 0.167 e. The van der Waals surface area contributed by atoms with Crippen molar-refractivity contribution in [2.45, 2.75) is 57.5 Å². The predicted octanol–water partition coefficient (Wildman–Crippen LogP) is 2.97. The second-order valence-corrected chi connectivity index (χ2v) is 5.80. The van der Waals surface area contributed by atoms with Crippen LogP contribution in [0, 0.1) is 11.8 Å². The quantitative estimate of drug-likeness (QED) is 0.773. The molecule has 0 atom stereocenters. The van der Waals surface area contributed by atoms with E-state index >= 15 is 0 Å². The molecule has 3 heteroatoms. The van der Waals surface area contributed by atoms with E-state index in [0.29, 0.717) is 19.0 Å². The zero-order valence-corrected chi connectivity index (χ0v) is 11.7. The summed E-state index contributed by atoms with van der Waals surface area (Å²) in [6.07, 6.45) is 7.26. The zero-order chi connectivity index (χ0) is 13.0. The van der Waals surface area contributed by atoms with Crippen molar-refractivity contribution in [3.8, 4) is 0 Å². The van der Waals surface area contributed by atoms with Crippen molar-refractivity contribution < 1.29 is 14.3 Å². The summed E-state index contributed by atoms with van der Waals surface area (Å²) in [6.45, 7) is 3.57. The molecule has 2 fully saturated rings. The third-order valence-corrected chi connectivity index (χ3v) is 4.94. The van der Waals surface area contributed by atoms with E-state index in [2.05, 4.69) is 6.92 Å². The van der Waals surface area contributed by atoms with Crippen LogP contribution >= 0.6 is 0 Å². The Labute approximate surface area is 110 Å². The zero-order valence-electron chi connectivity index (χ0n) is 11.7. The minimum absolute atomic E-state index is 0.228. The molecule has 2 rings (SSSR count). The maximum Gasteiger partial charge on any atom is 0.167 e. The third kappa shape index (κ3) is 2.77. The summed E-state index contributed by atoms with van der Waals surface area (Å²) >= 11 is 0. The van der Waals surface area contributed by atoms with Crippen molar-refractivity contribution in [1.29, 1.82) is 0 Å². The molecule has 1 aliphatic carbocycles. The molecule has 3 nitrogen and oxygen atoms in total. The highest BCUT2D eigenvalue weighted by Crippen LogP contribution is 2.37. The summed E-state index contributed by atoms with van der Waals surface area (Å²) in [6, 6.07) is 0. The van der Waals surface area contributed by atoms with E-state index in [1.54, 1.807) is 7.11 Å². The van der Waals surface area contributed by atoms with E-state index in [-0.39, 0.29) is 5.92 Å². The molecule has 1 saturated heterocycles. The maximum absolute atomic E-state index is 12.7. The summed E-state index contributed by atoms with van der Waals surface area (Å²) in [7, 11) is 1.68. The molecule has 2 aliphatic rings. The molecule has 0 radical (unpaired) electrons. The van der Waals surface area contributed by atoms with Gasteiger partial charge in [-0.2, -0.15) is 0 Å². The Morgan fingerprint density at radius 1 is 1.22 bits per heavy atom. The van der Waals surface area contributed by atoms with Crippen LogP contribution in [0.2, 0.25) is 0 Å². The van der Waals surface area contributed by atoms with Gasteiger partial charge in [-0.15, -0.1) is 0 Å². The molecule has 0 bridgehead atoms. The average Bonchev–Trinajstić information content (AvgIpc) is 2.47. The SMILES string of the molecule is CCC1CCC(C(=O)C2(OC)CCOCC2)CC1. The van der Waals surface area contributed by atoms with Gasteiger partial charge in [0.15, 0.2) is 5.78 Å². The Morgan fingerprint density at radius 2 is 1.83 bits per heavy atom. The Balaban J connectivity index is 1.97. The van der Waals surface area contributed by atoms with E-state index in [9.17, 15) is 4.79 Å². The molecule has 104 valence electrons. The number of carbonyl (C=O) groups is 1. The van der Waals surface area contributed by atoms with Gasteiger partial charge in [-0.1, -0.05) is 13.3 Å². The average molecular weight is 254 g/mol. The maximum atomic E-state index is 12.7. The lowest BCUT2D eigenvalue weighted by atomic mass is 9.73. The van der Waals surface area contributed by atoms with Crippen molar-refractivity contribution >= 4 is 5.78 Å². The molecule has 0 spiro atoms. The topological polar surface area (TPSA) is 35.5 Å². The van der Waals surface area contributed by atoms with Crippen LogP contribution in [0.4, 0.5) is 0 Å². The number of ether oxygens (including phenoxy) is 2. The number of carbonyl (C=O) groups excluding carboxylic acids is 1. The largest absolute Gasteiger partial charge is 0.381 e. The van der Waals surface area contributed by atoms with Crippen LogP contribution < -0.4 is 0 Å². The van der Waals surface area contributed by atoms with E-state index in [1.807, 2.05) is 0 Å². The van der Waals surface area contributed by atoms with Gasteiger partial charge in [-0.3, -0.25) is 4.79 Å². The minimum atomic E-state index is -0.540. The monoisotopic (exact) mass is 254 g/mol. The molecular weight excluding hydrogens is 228 g/mol. The number of Topliss-reactive ketones (excluding diaryl/α,β-unsaturated/α-hetero) is 1. The van der Waals surface area contributed by atoms with Crippen molar-refractivity contribution in [3.63, 3.8) is 0 Å². The highest BCUT2D eigenvalue weighted by Gasteiger charge is 2.43. The van der Waals surface area contributed by atoms with Crippen LogP contribution in [0.1, 0.15) is 51.9 Å². The third-order valence-electron chi connectivity index (χ3n) is 4.94. The normalized spacial score (nSPS) is 32.1. The van der Waals surface area contributed by atoms with Crippen molar-refractivity contribution in [2.24, 2.45) is 11.8 Å². The Bertz CT molecular complexity index is 273. The van der Waals surface area contributed by atoms with E-state index in [0.717, 1.165) is 31.6 Å². The first-order valence-corrected chi connectivity index (χ1v) is 7.39. The van der Waals surface area contributed by atoms with Gasteiger partial charge in [0.05, 0.1) is 0 Å². The van der Waals surface area contributed by atoms with Gasteiger partial charge in [0.25, 0.3) is 0 Å². The highest BCUT2D eigenvalue weighted by molar-refractivity contribution is 5.89. The van der Waals surface area contributed by atoms with Crippen molar-refractivity contribution in [2.75, 3.05) is 20.3 Å². The summed E-state index contributed by atoms with van der Waals surface area (Å²) in [5, 5.41) is 0. The molecule has 0 unspecified atom stereocenters. The van der Waals surface area contributed by atoms with Gasteiger partial charge in [-0.25, -0.2) is 0 Å². The summed E-state index contributed by atoms with van der Waals surface area (Å²) in [5.74, 6) is 1.41. The van der Waals surface area contributed by atoms with Gasteiger partial charge < -0.3 is 9.47 Å². The first kappa shape index (κ1) is 14.0. The fourth-order valence-corrected chi connectivity index (χ4v) is 3.46. The summed E-state index contributed by atoms with van der Waals surface area (Å²) < 4.78 is 11.0. The molecular formula is C15H26O3. The van der Waals surface area contributed by atoms with Crippen molar-refractivity contribution in [1.82, 2.24) is 0 Å². The lowest BCUT2D eigenvalue weighted by Crippen LogP contribution is -2.49. The lowest BCUT2D eigenvalue weighted by Gasteiger charge is -2.38. The molecule has 0 aromatic rings. The number of hydrogen-bond donors (Lipinski definition) is 0. The molecule has 0 amide bonds. The van der Waals surface area contributed by atoms with Gasteiger partial charge in [-0.05, 0) is 31.6 Å². The highest BCUT2D eigenvalue weighted by atomic mass is 16.5. The second kappa shape index (κ2) is 6.16. The van der Waals surface area contributed by atoms with Crippen LogP contribution in [-0.2, 0) is 14.3 Å². The van der Waals surface area contributed by atoms with Gasteiger partial charge >= 0.3 is 0 Å². The predicted molar refractivity (Wildman–Crippen MR) is 70.5 cm³/mol. The van der Waals surface area contributed by atoms with E-state index in [4.69, 9.17) is 9.47 Å². The van der Waals surface area contributed by atoms with Crippen LogP contribution in [0.5, 0.6) is 0 Å². The van der Waals surface area contributed by atoms with E-state index in [1.165, 1.54) is 19.3 Å². The van der Waals surface area contributed by atoms with Gasteiger partial charge in [0.2, 0.25) is 0 Å². The van der Waals surface area contributed by atoms with Gasteiger partial charge in [0.1, 0.15) is 5.60 Å². The lowest BCUT2D eigenvalue weighted by molar-refractivity contribution is -0.158. The first-order chi connectivity index (χ1) is 8.72. The Kier molecular flexibility index (Phi) is 4.79. The van der Waals surface area contributed by atoms with Crippen LogP contribution in [-0.4, -0.2) is 31.7 Å². The molecule has 0 N–H and O–H groups in total. The number of rotatable bonds is 4. The Hall–Kier alpha value is -0.410. The minimum Gasteiger partial charge on any atom is -0.381 e. The standard InChI is InChI=1S/C15H26O3/c1-3-12-4-6-13(7-5-12)14(16)15(17-2)8-10-18-11-9-15/h12-13H,3-11H2,1-2H3. The molecule has 1 heterocycles. The first-order valence-electron chi connectivity index (χ1n) is 7.39. The fourth-order valence-electron chi connectivity index (χ4n) is 3.46. The summed E-state index contributed by atoms with van der Waals surface area (Å²) in [4.78, 5) is 12.7. The van der Waals surface area contributed by atoms with Crippen molar-refractivity contribution in [3.05, 3.63) is 0 Å².